The zero-order valence-corrected chi connectivity index (χ0v) is 14.6. The lowest BCUT2D eigenvalue weighted by Crippen LogP contribution is -2.54. The number of nitrogens with zero attached hydrogens (tertiary/aromatic N) is 3. The van der Waals surface area contributed by atoms with Crippen molar-refractivity contribution in [3.8, 4) is 0 Å². The Labute approximate surface area is 141 Å². The van der Waals surface area contributed by atoms with E-state index in [2.05, 4.69) is 20.2 Å². The smallest absolute Gasteiger partial charge is 0.223 e. The van der Waals surface area contributed by atoms with Crippen LogP contribution in [0.3, 0.4) is 0 Å². The minimum atomic E-state index is 0.0740. The first kappa shape index (κ1) is 15.5. The molecule has 1 amide bonds. The van der Waals surface area contributed by atoms with Crippen LogP contribution in [0.25, 0.3) is 0 Å². The van der Waals surface area contributed by atoms with E-state index < -0.39 is 0 Å². The Hall–Kier alpha value is -0.980. The van der Waals surface area contributed by atoms with Crippen molar-refractivity contribution in [1.29, 1.82) is 0 Å². The Morgan fingerprint density at radius 2 is 2.22 bits per heavy atom. The molecule has 3 saturated heterocycles. The zero-order chi connectivity index (χ0) is 15.9. The highest BCUT2D eigenvalue weighted by atomic mass is 32.1. The van der Waals surface area contributed by atoms with E-state index in [4.69, 9.17) is 4.74 Å². The summed E-state index contributed by atoms with van der Waals surface area (Å²) in [5.41, 5.74) is 1.12. The Morgan fingerprint density at radius 3 is 2.87 bits per heavy atom. The molecule has 126 valence electrons. The number of aryl methyl sites for hydroxylation is 1. The number of carbonyl (C=O) groups is 1. The van der Waals surface area contributed by atoms with Crippen LogP contribution in [0.2, 0.25) is 0 Å². The van der Waals surface area contributed by atoms with E-state index in [1.54, 1.807) is 11.3 Å². The van der Waals surface area contributed by atoms with Gasteiger partial charge in [0.1, 0.15) is 0 Å². The van der Waals surface area contributed by atoms with Crippen molar-refractivity contribution >= 4 is 17.2 Å². The monoisotopic (exact) mass is 335 g/mol. The van der Waals surface area contributed by atoms with Crippen molar-refractivity contribution in [2.45, 2.75) is 57.2 Å². The summed E-state index contributed by atoms with van der Waals surface area (Å²) in [6, 6.07) is 0.596. The fourth-order valence-electron chi connectivity index (χ4n) is 4.41. The number of hydrogen-bond donors (Lipinski definition) is 0. The van der Waals surface area contributed by atoms with Crippen LogP contribution in [0.1, 0.15) is 42.8 Å². The van der Waals surface area contributed by atoms with Gasteiger partial charge in [-0.15, -0.1) is 11.3 Å². The Kier molecular flexibility index (Phi) is 4.15. The molecule has 3 aliphatic rings. The highest BCUT2D eigenvalue weighted by molar-refractivity contribution is 7.09. The van der Waals surface area contributed by atoms with Gasteiger partial charge in [0.2, 0.25) is 5.91 Å². The lowest BCUT2D eigenvalue weighted by atomic mass is 9.84. The third-order valence-corrected chi connectivity index (χ3v) is 6.64. The van der Waals surface area contributed by atoms with Gasteiger partial charge >= 0.3 is 0 Å². The van der Waals surface area contributed by atoms with Crippen molar-refractivity contribution in [3.05, 3.63) is 16.1 Å². The second-order valence-electron chi connectivity index (χ2n) is 7.12. The number of thiazole rings is 1. The van der Waals surface area contributed by atoms with Gasteiger partial charge in [-0.25, -0.2) is 4.98 Å². The Balaban J connectivity index is 1.45. The molecular weight excluding hydrogens is 310 g/mol. The molecule has 4 heterocycles. The van der Waals surface area contributed by atoms with Crippen LogP contribution in [-0.2, 0) is 16.1 Å². The van der Waals surface area contributed by atoms with Gasteiger partial charge in [0.15, 0.2) is 0 Å². The van der Waals surface area contributed by atoms with Crippen molar-refractivity contribution < 1.29 is 9.53 Å². The second kappa shape index (κ2) is 6.15. The number of piperidine rings is 1. The molecule has 0 aliphatic carbocycles. The summed E-state index contributed by atoms with van der Waals surface area (Å²) in [6.45, 7) is 6.68. The number of hydrogen-bond acceptors (Lipinski definition) is 5. The minimum absolute atomic E-state index is 0.0740. The van der Waals surface area contributed by atoms with E-state index in [1.807, 2.05) is 6.92 Å². The molecule has 0 aromatic carbocycles. The molecule has 6 heteroatoms. The zero-order valence-electron chi connectivity index (χ0n) is 13.8. The highest BCUT2D eigenvalue weighted by Gasteiger charge is 2.47. The fraction of sp³-hybridized carbons (Fsp3) is 0.765. The topological polar surface area (TPSA) is 45.7 Å². The van der Waals surface area contributed by atoms with Crippen LogP contribution >= 0.6 is 11.3 Å². The maximum atomic E-state index is 12.5. The number of amides is 1. The van der Waals surface area contributed by atoms with Crippen molar-refractivity contribution in [2.24, 2.45) is 0 Å². The summed E-state index contributed by atoms with van der Waals surface area (Å²) in [6.07, 6.45) is 5.07. The fourth-order valence-corrected chi connectivity index (χ4v) is 5.01. The molecule has 1 aromatic heterocycles. The molecule has 1 unspecified atom stereocenters. The maximum absolute atomic E-state index is 12.5. The lowest BCUT2D eigenvalue weighted by molar-refractivity contribution is -0.133. The molecule has 0 N–H and O–H groups in total. The number of carbonyl (C=O) groups excluding carboxylic acids is 1. The van der Waals surface area contributed by atoms with E-state index in [9.17, 15) is 4.79 Å². The number of aromatic nitrogens is 1. The molecule has 5 nitrogen and oxygen atoms in total. The number of rotatable bonds is 3. The van der Waals surface area contributed by atoms with Crippen LogP contribution < -0.4 is 0 Å². The maximum Gasteiger partial charge on any atom is 0.223 e. The summed E-state index contributed by atoms with van der Waals surface area (Å²) in [4.78, 5) is 21.7. The molecule has 23 heavy (non-hydrogen) atoms. The lowest BCUT2D eigenvalue weighted by Gasteiger charge is -2.46. The van der Waals surface area contributed by atoms with Gasteiger partial charge in [-0.2, -0.15) is 0 Å². The van der Waals surface area contributed by atoms with Gasteiger partial charge < -0.3 is 9.64 Å². The van der Waals surface area contributed by atoms with Gasteiger partial charge in [-0.05, 0) is 32.6 Å². The standard InChI is InChI=1S/C17H25N3O2S/c1-13-18-14(12-23-13)10-20-16(21)2-4-17(20)5-7-19(8-6-17)15-3-9-22-11-15/h12,15H,2-11H2,1H3. The van der Waals surface area contributed by atoms with Gasteiger partial charge in [-0.1, -0.05) is 0 Å². The molecule has 1 atom stereocenters. The van der Waals surface area contributed by atoms with Gasteiger partial charge in [-0.3, -0.25) is 9.69 Å². The van der Waals surface area contributed by atoms with E-state index in [-0.39, 0.29) is 5.54 Å². The van der Waals surface area contributed by atoms with Crippen LogP contribution in [0.15, 0.2) is 5.38 Å². The molecule has 0 saturated carbocycles. The molecule has 1 spiro atoms. The molecule has 3 fully saturated rings. The normalized spacial score (nSPS) is 28.1. The SMILES string of the molecule is Cc1nc(CN2C(=O)CCC23CCN(C2CCOC2)CC3)cs1. The second-order valence-corrected chi connectivity index (χ2v) is 8.18. The number of ether oxygens (including phenoxy) is 1. The molecule has 1 aromatic rings. The van der Waals surface area contributed by atoms with E-state index in [1.165, 1.54) is 0 Å². The summed E-state index contributed by atoms with van der Waals surface area (Å²) in [5.74, 6) is 0.313. The van der Waals surface area contributed by atoms with Gasteiger partial charge in [0.05, 0.1) is 23.9 Å². The Morgan fingerprint density at radius 1 is 1.39 bits per heavy atom. The first-order valence-electron chi connectivity index (χ1n) is 8.70. The summed E-state index contributed by atoms with van der Waals surface area (Å²) in [7, 11) is 0. The van der Waals surface area contributed by atoms with Gasteiger partial charge in [0.25, 0.3) is 0 Å². The van der Waals surface area contributed by atoms with E-state index >= 15 is 0 Å². The quantitative estimate of drug-likeness (QED) is 0.849. The van der Waals surface area contributed by atoms with Crippen LogP contribution in [-0.4, -0.2) is 58.6 Å². The van der Waals surface area contributed by atoms with E-state index in [0.29, 0.717) is 24.9 Å². The number of likely N-dealkylation sites (tertiary alicyclic amines) is 2. The van der Waals surface area contributed by atoms with Crippen molar-refractivity contribution in [3.63, 3.8) is 0 Å². The summed E-state index contributed by atoms with van der Waals surface area (Å²) < 4.78 is 5.53. The summed E-state index contributed by atoms with van der Waals surface area (Å²) in [5, 5.41) is 3.18. The van der Waals surface area contributed by atoms with Crippen LogP contribution in [0.5, 0.6) is 0 Å². The van der Waals surface area contributed by atoms with Crippen LogP contribution in [0.4, 0.5) is 0 Å². The van der Waals surface area contributed by atoms with Crippen LogP contribution in [0, 0.1) is 6.92 Å². The predicted molar refractivity (Wildman–Crippen MR) is 89.4 cm³/mol. The first-order chi connectivity index (χ1) is 11.2. The largest absolute Gasteiger partial charge is 0.380 e. The Bertz CT molecular complexity index is 574. The predicted octanol–water partition coefficient (Wildman–Crippen LogP) is 2.20. The average molecular weight is 335 g/mol. The van der Waals surface area contributed by atoms with E-state index in [0.717, 1.165) is 62.7 Å². The van der Waals surface area contributed by atoms with Crippen molar-refractivity contribution in [2.75, 3.05) is 26.3 Å². The summed E-state index contributed by atoms with van der Waals surface area (Å²) >= 11 is 1.67. The van der Waals surface area contributed by atoms with Crippen molar-refractivity contribution in [1.82, 2.24) is 14.8 Å². The first-order valence-corrected chi connectivity index (χ1v) is 9.58. The molecule has 3 aliphatic heterocycles. The molecule has 0 radical (unpaired) electrons. The average Bonchev–Trinajstić information content (AvgIpc) is 3.27. The molecular formula is C17H25N3O2S. The third kappa shape index (κ3) is 2.92. The molecule has 0 bridgehead atoms. The highest BCUT2D eigenvalue weighted by Crippen LogP contribution is 2.40. The van der Waals surface area contributed by atoms with Gasteiger partial charge in [0, 0.05) is 43.1 Å². The third-order valence-electron chi connectivity index (χ3n) is 5.82. The molecule has 4 rings (SSSR count). The minimum Gasteiger partial charge on any atom is -0.380 e.